The summed E-state index contributed by atoms with van der Waals surface area (Å²) in [4.78, 5) is 33.3. The molecule has 4 N–H and O–H groups in total. The van der Waals surface area contributed by atoms with E-state index in [2.05, 4.69) is 25.9 Å². The van der Waals surface area contributed by atoms with Crippen LogP contribution in [0.15, 0.2) is 54.6 Å². The molecule has 148 valence electrons. The number of rotatable bonds is 6. The number of carbonyl (C=O) groups excluding carboxylic acids is 2. The minimum Gasteiger partial charge on any atom is -0.392 e. The molecule has 2 amide bonds. The van der Waals surface area contributed by atoms with Crippen LogP contribution in [0.2, 0.25) is 0 Å². The van der Waals surface area contributed by atoms with Crippen LogP contribution in [0.5, 0.6) is 0 Å². The van der Waals surface area contributed by atoms with Crippen LogP contribution in [0, 0.1) is 6.92 Å². The smallest absolute Gasteiger partial charge is 0.258 e. The largest absolute Gasteiger partial charge is 0.392 e. The van der Waals surface area contributed by atoms with E-state index in [0.717, 1.165) is 5.56 Å². The summed E-state index contributed by atoms with van der Waals surface area (Å²) in [5.41, 5.74) is 2.57. The molecule has 1 aromatic heterocycles. The number of aliphatic hydroxyl groups is 1. The van der Waals surface area contributed by atoms with E-state index in [9.17, 15) is 9.59 Å². The van der Waals surface area contributed by atoms with Gasteiger partial charge in [0.2, 0.25) is 5.95 Å². The molecular formula is C21H21N5O3. The van der Waals surface area contributed by atoms with Gasteiger partial charge in [-0.05, 0) is 36.8 Å². The van der Waals surface area contributed by atoms with Gasteiger partial charge in [-0.2, -0.15) is 9.97 Å². The molecule has 1 heterocycles. The van der Waals surface area contributed by atoms with Crippen LogP contribution in [0.4, 0.5) is 17.6 Å². The van der Waals surface area contributed by atoms with E-state index in [4.69, 9.17) is 5.11 Å². The molecule has 0 aliphatic heterocycles. The van der Waals surface area contributed by atoms with E-state index in [1.165, 1.54) is 0 Å². The molecule has 0 saturated heterocycles. The molecule has 0 atom stereocenters. The lowest BCUT2D eigenvalue weighted by Crippen LogP contribution is -2.17. The maximum absolute atomic E-state index is 12.5. The SMILES string of the molecule is CNc1cc(NC(=O)c2ccc(CO)cc2)nc(NC(=O)c2cccc(C)c2)n1. The highest BCUT2D eigenvalue weighted by atomic mass is 16.3. The normalized spacial score (nSPS) is 10.3. The van der Waals surface area contributed by atoms with E-state index in [0.29, 0.717) is 22.5 Å². The van der Waals surface area contributed by atoms with Gasteiger partial charge in [-0.3, -0.25) is 14.9 Å². The minimum absolute atomic E-state index is 0.0642. The van der Waals surface area contributed by atoms with Crippen molar-refractivity contribution in [2.45, 2.75) is 13.5 Å². The summed E-state index contributed by atoms with van der Waals surface area (Å²) in [7, 11) is 1.67. The number of carbonyl (C=O) groups is 2. The number of aromatic nitrogens is 2. The maximum Gasteiger partial charge on any atom is 0.258 e. The third kappa shape index (κ3) is 5.14. The molecule has 0 bridgehead atoms. The van der Waals surface area contributed by atoms with Gasteiger partial charge >= 0.3 is 0 Å². The predicted octanol–water partition coefficient (Wildman–Crippen LogP) is 2.82. The average molecular weight is 391 g/mol. The third-order valence-electron chi connectivity index (χ3n) is 4.13. The van der Waals surface area contributed by atoms with Gasteiger partial charge in [0.25, 0.3) is 11.8 Å². The third-order valence-corrected chi connectivity index (χ3v) is 4.13. The van der Waals surface area contributed by atoms with E-state index in [-0.39, 0.29) is 30.2 Å². The van der Waals surface area contributed by atoms with Crippen molar-refractivity contribution in [3.05, 3.63) is 76.9 Å². The first-order valence-corrected chi connectivity index (χ1v) is 8.94. The average Bonchev–Trinajstić information content (AvgIpc) is 2.73. The second kappa shape index (κ2) is 8.94. The summed E-state index contributed by atoms with van der Waals surface area (Å²) in [6.45, 7) is 1.80. The summed E-state index contributed by atoms with van der Waals surface area (Å²) < 4.78 is 0. The molecule has 0 spiro atoms. The van der Waals surface area contributed by atoms with Crippen molar-refractivity contribution in [2.75, 3.05) is 23.0 Å². The van der Waals surface area contributed by atoms with Crippen LogP contribution in [-0.2, 0) is 6.61 Å². The maximum atomic E-state index is 12.5. The van der Waals surface area contributed by atoms with Crippen molar-refractivity contribution in [3.8, 4) is 0 Å². The molecule has 0 aliphatic rings. The minimum atomic E-state index is -0.369. The highest BCUT2D eigenvalue weighted by molar-refractivity contribution is 6.05. The van der Waals surface area contributed by atoms with Crippen molar-refractivity contribution in [3.63, 3.8) is 0 Å². The van der Waals surface area contributed by atoms with E-state index in [1.54, 1.807) is 55.6 Å². The predicted molar refractivity (Wildman–Crippen MR) is 111 cm³/mol. The van der Waals surface area contributed by atoms with Crippen LogP contribution >= 0.6 is 0 Å². The highest BCUT2D eigenvalue weighted by Gasteiger charge is 2.13. The van der Waals surface area contributed by atoms with Crippen LogP contribution in [0.25, 0.3) is 0 Å². The number of hydrogen-bond donors (Lipinski definition) is 4. The Balaban J connectivity index is 1.79. The van der Waals surface area contributed by atoms with Gasteiger partial charge in [0.15, 0.2) is 0 Å². The Kier molecular flexibility index (Phi) is 6.16. The summed E-state index contributed by atoms with van der Waals surface area (Å²) in [5, 5.41) is 17.3. The zero-order chi connectivity index (χ0) is 20.8. The van der Waals surface area contributed by atoms with E-state index >= 15 is 0 Å². The zero-order valence-electron chi connectivity index (χ0n) is 16.1. The van der Waals surface area contributed by atoms with Crippen molar-refractivity contribution in [1.29, 1.82) is 0 Å². The summed E-state index contributed by atoms with van der Waals surface area (Å²) in [6.07, 6.45) is 0. The number of aryl methyl sites for hydroxylation is 1. The fraction of sp³-hybridized carbons (Fsp3) is 0.143. The number of anilines is 3. The summed E-state index contributed by atoms with van der Waals surface area (Å²) >= 11 is 0. The lowest BCUT2D eigenvalue weighted by atomic mass is 10.1. The van der Waals surface area contributed by atoms with Crippen LogP contribution < -0.4 is 16.0 Å². The first kappa shape index (κ1) is 20.0. The molecule has 29 heavy (non-hydrogen) atoms. The Morgan fingerprint density at radius 1 is 0.897 bits per heavy atom. The number of benzene rings is 2. The van der Waals surface area contributed by atoms with Crippen LogP contribution in [0.3, 0.4) is 0 Å². The Labute approximate surface area is 168 Å². The second-order valence-electron chi connectivity index (χ2n) is 6.34. The number of nitrogens with one attached hydrogen (secondary N) is 3. The van der Waals surface area contributed by atoms with Gasteiger partial charge < -0.3 is 15.7 Å². The molecule has 0 saturated carbocycles. The van der Waals surface area contributed by atoms with Gasteiger partial charge in [-0.1, -0.05) is 29.8 Å². The van der Waals surface area contributed by atoms with Crippen molar-refractivity contribution in [1.82, 2.24) is 9.97 Å². The molecule has 8 heteroatoms. The molecule has 8 nitrogen and oxygen atoms in total. The quantitative estimate of drug-likeness (QED) is 0.513. The molecule has 0 unspecified atom stereocenters. The lowest BCUT2D eigenvalue weighted by molar-refractivity contribution is 0.101. The fourth-order valence-corrected chi connectivity index (χ4v) is 2.61. The fourth-order valence-electron chi connectivity index (χ4n) is 2.61. The first-order chi connectivity index (χ1) is 14.0. The number of nitrogens with zero attached hydrogens (tertiary/aromatic N) is 2. The van der Waals surface area contributed by atoms with E-state index < -0.39 is 0 Å². The number of hydrogen-bond acceptors (Lipinski definition) is 6. The van der Waals surface area contributed by atoms with Crippen LogP contribution in [0.1, 0.15) is 31.8 Å². The molecule has 0 radical (unpaired) electrons. The standard InChI is InChI=1S/C21H21N5O3/c1-13-4-3-5-16(10-13)20(29)26-21-24-17(22-2)11-18(25-21)23-19(28)15-8-6-14(12-27)7-9-15/h3-11,27H,12H2,1-2H3,(H3,22,23,24,25,26,28,29). The number of aliphatic hydroxyl groups excluding tert-OH is 1. The molecule has 3 aromatic rings. The van der Waals surface area contributed by atoms with Gasteiger partial charge in [0, 0.05) is 24.2 Å². The van der Waals surface area contributed by atoms with Crippen molar-refractivity contribution < 1.29 is 14.7 Å². The van der Waals surface area contributed by atoms with Gasteiger partial charge in [0.05, 0.1) is 6.61 Å². The molecule has 3 rings (SSSR count). The molecule has 0 aliphatic carbocycles. The van der Waals surface area contributed by atoms with Crippen LogP contribution in [-0.4, -0.2) is 33.9 Å². The topological polar surface area (TPSA) is 116 Å². The summed E-state index contributed by atoms with van der Waals surface area (Å²) in [5.74, 6) is 0.0184. The molecule has 2 aromatic carbocycles. The lowest BCUT2D eigenvalue weighted by Gasteiger charge is -2.10. The Bertz CT molecular complexity index is 1030. The van der Waals surface area contributed by atoms with Crippen molar-refractivity contribution >= 4 is 29.4 Å². The zero-order valence-corrected chi connectivity index (χ0v) is 16.1. The summed E-state index contributed by atoms with van der Waals surface area (Å²) in [6, 6.07) is 15.3. The highest BCUT2D eigenvalue weighted by Crippen LogP contribution is 2.16. The Morgan fingerprint density at radius 2 is 1.59 bits per heavy atom. The van der Waals surface area contributed by atoms with Gasteiger partial charge in [-0.15, -0.1) is 0 Å². The Hall–Kier alpha value is -3.78. The first-order valence-electron chi connectivity index (χ1n) is 8.94. The van der Waals surface area contributed by atoms with Gasteiger partial charge in [-0.25, -0.2) is 0 Å². The Morgan fingerprint density at radius 3 is 2.24 bits per heavy atom. The van der Waals surface area contributed by atoms with Crippen molar-refractivity contribution in [2.24, 2.45) is 0 Å². The molecule has 0 fully saturated rings. The second-order valence-corrected chi connectivity index (χ2v) is 6.34. The monoisotopic (exact) mass is 391 g/mol. The number of amides is 2. The molecular weight excluding hydrogens is 370 g/mol. The van der Waals surface area contributed by atoms with E-state index in [1.807, 2.05) is 13.0 Å². The van der Waals surface area contributed by atoms with Gasteiger partial charge in [0.1, 0.15) is 11.6 Å².